The molecule has 104 valence electrons. The predicted octanol–water partition coefficient (Wildman–Crippen LogP) is 2.36. The molecule has 0 saturated carbocycles. The number of β-amino-alcohol motifs (C(OH)–C–C–N with tert-alkyl or cyclic N) is 1. The molecule has 0 radical (unpaired) electrons. The minimum Gasteiger partial charge on any atom is -0.482 e. The van der Waals surface area contributed by atoms with Crippen LogP contribution < -0.4 is 4.74 Å². The smallest absolute Gasteiger partial charge is 0.260 e. The van der Waals surface area contributed by atoms with Crippen molar-refractivity contribution >= 4 is 29.1 Å². The Hall–Kier alpha value is -0.970. The van der Waals surface area contributed by atoms with Crippen molar-refractivity contribution in [3.05, 3.63) is 28.2 Å². The van der Waals surface area contributed by atoms with Crippen LogP contribution in [-0.4, -0.2) is 41.7 Å². The number of nitrogens with zero attached hydrogens (tertiary/aromatic N) is 1. The number of likely N-dealkylation sites (tertiary alicyclic amines) is 1. The van der Waals surface area contributed by atoms with E-state index in [0.29, 0.717) is 28.9 Å². The zero-order valence-corrected chi connectivity index (χ0v) is 11.8. The van der Waals surface area contributed by atoms with Gasteiger partial charge in [0.25, 0.3) is 5.91 Å². The Bertz CT molecular complexity index is 467. The maximum Gasteiger partial charge on any atom is 0.260 e. The number of carbonyl (C=O) groups excluding carboxylic acids is 1. The first-order valence-corrected chi connectivity index (χ1v) is 6.85. The second kappa shape index (κ2) is 6.46. The van der Waals surface area contributed by atoms with Gasteiger partial charge in [-0.05, 0) is 25.0 Å². The first kappa shape index (κ1) is 14.4. The van der Waals surface area contributed by atoms with E-state index in [1.807, 2.05) is 0 Å². The van der Waals surface area contributed by atoms with Gasteiger partial charge in [0, 0.05) is 24.2 Å². The number of rotatable bonds is 3. The Morgan fingerprint density at radius 2 is 2.26 bits per heavy atom. The molecule has 19 heavy (non-hydrogen) atoms. The molecular weight excluding hydrogens is 289 g/mol. The standard InChI is InChI=1S/C13H15Cl2NO3/c14-9-3-4-11(15)12(6-9)19-8-13(18)16-5-1-2-10(17)7-16/h3-4,6,10,17H,1-2,5,7-8H2/t10-/m0/s1. The monoisotopic (exact) mass is 303 g/mol. The van der Waals surface area contributed by atoms with Crippen molar-refractivity contribution in [3.63, 3.8) is 0 Å². The molecule has 0 aliphatic carbocycles. The lowest BCUT2D eigenvalue weighted by Crippen LogP contribution is -2.44. The lowest BCUT2D eigenvalue weighted by atomic mass is 10.1. The maximum atomic E-state index is 11.9. The lowest BCUT2D eigenvalue weighted by Gasteiger charge is -2.30. The van der Waals surface area contributed by atoms with Gasteiger partial charge in [-0.2, -0.15) is 0 Å². The molecule has 1 atom stereocenters. The lowest BCUT2D eigenvalue weighted by molar-refractivity contribution is -0.136. The van der Waals surface area contributed by atoms with Crippen molar-refractivity contribution < 1.29 is 14.6 Å². The van der Waals surface area contributed by atoms with Gasteiger partial charge in [-0.25, -0.2) is 0 Å². The molecule has 0 bridgehead atoms. The summed E-state index contributed by atoms with van der Waals surface area (Å²) in [6.07, 6.45) is 1.11. The number of hydrogen-bond acceptors (Lipinski definition) is 3. The normalized spacial score (nSPS) is 19.3. The highest BCUT2D eigenvalue weighted by Crippen LogP contribution is 2.27. The zero-order valence-electron chi connectivity index (χ0n) is 10.3. The van der Waals surface area contributed by atoms with Crippen molar-refractivity contribution in [2.45, 2.75) is 18.9 Å². The summed E-state index contributed by atoms with van der Waals surface area (Å²) in [5.74, 6) is 0.231. The van der Waals surface area contributed by atoms with Crippen LogP contribution in [0.3, 0.4) is 0 Å². The summed E-state index contributed by atoms with van der Waals surface area (Å²) < 4.78 is 5.38. The third-order valence-electron chi connectivity index (χ3n) is 2.99. The molecule has 4 nitrogen and oxygen atoms in total. The average Bonchev–Trinajstić information content (AvgIpc) is 2.39. The molecular formula is C13H15Cl2NO3. The maximum absolute atomic E-state index is 11.9. The molecule has 2 rings (SSSR count). The van der Waals surface area contributed by atoms with Crippen LogP contribution in [0.5, 0.6) is 5.75 Å². The van der Waals surface area contributed by atoms with Gasteiger partial charge >= 0.3 is 0 Å². The summed E-state index contributed by atoms with van der Waals surface area (Å²) in [6.45, 7) is 0.917. The fourth-order valence-electron chi connectivity index (χ4n) is 2.00. The van der Waals surface area contributed by atoms with Crippen LogP contribution in [0, 0.1) is 0 Å². The molecule has 0 unspecified atom stereocenters. The molecule has 1 fully saturated rings. The van der Waals surface area contributed by atoms with Gasteiger partial charge < -0.3 is 14.7 Å². The summed E-state index contributed by atoms with van der Waals surface area (Å²) in [7, 11) is 0. The van der Waals surface area contributed by atoms with E-state index in [9.17, 15) is 9.90 Å². The number of ether oxygens (including phenoxy) is 1. The van der Waals surface area contributed by atoms with Crippen LogP contribution in [0.4, 0.5) is 0 Å². The second-order valence-corrected chi connectivity index (χ2v) is 5.34. The summed E-state index contributed by atoms with van der Waals surface area (Å²) in [5.41, 5.74) is 0. The van der Waals surface area contributed by atoms with E-state index < -0.39 is 6.10 Å². The molecule has 1 saturated heterocycles. The number of halogens is 2. The second-order valence-electron chi connectivity index (χ2n) is 4.50. The van der Waals surface area contributed by atoms with Gasteiger partial charge in [-0.1, -0.05) is 23.2 Å². The van der Waals surface area contributed by atoms with Gasteiger partial charge in [-0.3, -0.25) is 4.79 Å². The molecule has 1 aromatic carbocycles. The number of carbonyl (C=O) groups is 1. The zero-order chi connectivity index (χ0) is 13.8. The van der Waals surface area contributed by atoms with Gasteiger partial charge in [0.1, 0.15) is 5.75 Å². The quantitative estimate of drug-likeness (QED) is 0.932. The summed E-state index contributed by atoms with van der Waals surface area (Å²) >= 11 is 11.8. The number of amides is 1. The van der Waals surface area contributed by atoms with Crippen molar-refractivity contribution in [1.29, 1.82) is 0 Å². The Kier molecular flexibility index (Phi) is 4.91. The van der Waals surface area contributed by atoms with Crippen LogP contribution in [-0.2, 0) is 4.79 Å². The molecule has 1 amide bonds. The minimum atomic E-state index is -0.438. The molecule has 1 aromatic rings. The van der Waals surface area contributed by atoms with E-state index in [1.54, 1.807) is 23.1 Å². The highest BCUT2D eigenvalue weighted by atomic mass is 35.5. The number of hydrogen-bond donors (Lipinski definition) is 1. The van der Waals surface area contributed by atoms with E-state index in [0.717, 1.165) is 12.8 Å². The third-order valence-corrected chi connectivity index (χ3v) is 3.54. The predicted molar refractivity (Wildman–Crippen MR) is 73.8 cm³/mol. The van der Waals surface area contributed by atoms with Crippen LogP contribution in [0.2, 0.25) is 10.0 Å². The first-order valence-electron chi connectivity index (χ1n) is 6.10. The van der Waals surface area contributed by atoms with Crippen molar-refractivity contribution in [2.24, 2.45) is 0 Å². The number of aliphatic hydroxyl groups is 1. The van der Waals surface area contributed by atoms with Crippen LogP contribution in [0.1, 0.15) is 12.8 Å². The summed E-state index contributed by atoms with van der Waals surface area (Å²) in [6, 6.07) is 4.84. The van der Waals surface area contributed by atoms with Crippen molar-refractivity contribution in [3.8, 4) is 5.75 Å². The van der Waals surface area contributed by atoms with E-state index in [4.69, 9.17) is 27.9 Å². The molecule has 1 heterocycles. The molecule has 6 heteroatoms. The summed E-state index contributed by atoms with van der Waals surface area (Å²) in [4.78, 5) is 13.5. The Morgan fingerprint density at radius 1 is 1.47 bits per heavy atom. The van der Waals surface area contributed by atoms with Crippen LogP contribution >= 0.6 is 23.2 Å². The van der Waals surface area contributed by atoms with Crippen molar-refractivity contribution in [1.82, 2.24) is 4.90 Å². The third kappa shape index (κ3) is 4.00. The van der Waals surface area contributed by atoms with Crippen LogP contribution in [0.15, 0.2) is 18.2 Å². The number of piperidine rings is 1. The summed E-state index contributed by atoms with van der Waals surface area (Å²) in [5, 5.41) is 10.4. The van der Waals surface area contributed by atoms with Crippen LogP contribution in [0.25, 0.3) is 0 Å². The topological polar surface area (TPSA) is 49.8 Å². The van der Waals surface area contributed by atoms with Gasteiger partial charge in [0.05, 0.1) is 11.1 Å². The van der Waals surface area contributed by atoms with E-state index >= 15 is 0 Å². The molecule has 1 aliphatic heterocycles. The highest BCUT2D eigenvalue weighted by Gasteiger charge is 2.22. The first-order chi connectivity index (χ1) is 9.06. The van der Waals surface area contributed by atoms with Gasteiger partial charge in [-0.15, -0.1) is 0 Å². The Labute approximate surface area is 121 Å². The largest absolute Gasteiger partial charge is 0.482 e. The van der Waals surface area contributed by atoms with E-state index in [1.165, 1.54) is 0 Å². The minimum absolute atomic E-state index is 0.104. The SMILES string of the molecule is O=C(COc1cc(Cl)ccc1Cl)N1CCC[C@H](O)C1. The van der Waals surface area contributed by atoms with Crippen molar-refractivity contribution in [2.75, 3.05) is 19.7 Å². The Balaban J connectivity index is 1.91. The Morgan fingerprint density at radius 3 is 3.00 bits per heavy atom. The molecule has 0 aromatic heterocycles. The fourth-order valence-corrected chi connectivity index (χ4v) is 2.33. The molecule has 1 aliphatic rings. The van der Waals surface area contributed by atoms with Gasteiger partial charge in [0.2, 0.25) is 0 Å². The average molecular weight is 304 g/mol. The number of aliphatic hydroxyl groups excluding tert-OH is 1. The fraction of sp³-hybridized carbons (Fsp3) is 0.462. The van der Waals surface area contributed by atoms with Gasteiger partial charge in [0.15, 0.2) is 6.61 Å². The number of benzene rings is 1. The highest BCUT2D eigenvalue weighted by molar-refractivity contribution is 6.34. The molecule has 1 N–H and O–H groups in total. The van der Waals surface area contributed by atoms with E-state index in [-0.39, 0.29) is 12.5 Å². The molecule has 0 spiro atoms. The van der Waals surface area contributed by atoms with E-state index in [2.05, 4.69) is 0 Å².